The van der Waals surface area contributed by atoms with Gasteiger partial charge in [0, 0.05) is 44.0 Å². The summed E-state index contributed by atoms with van der Waals surface area (Å²) >= 11 is 0. The molecule has 4 rings (SSSR count). The van der Waals surface area contributed by atoms with Crippen molar-refractivity contribution >= 4 is 11.9 Å². The van der Waals surface area contributed by atoms with Crippen LogP contribution in [0.3, 0.4) is 0 Å². The van der Waals surface area contributed by atoms with Crippen molar-refractivity contribution in [3.63, 3.8) is 0 Å². The Labute approximate surface area is 190 Å². The number of rotatable bonds is 4. The molecule has 2 N–H and O–H groups in total. The van der Waals surface area contributed by atoms with Crippen molar-refractivity contribution < 1.29 is 19.4 Å². The van der Waals surface area contributed by atoms with Crippen LogP contribution in [0.15, 0.2) is 53.3 Å². The zero-order chi connectivity index (χ0) is 23.5. The number of aromatic nitrogens is 2. The van der Waals surface area contributed by atoms with Crippen molar-refractivity contribution in [1.82, 2.24) is 14.9 Å². The minimum atomic E-state index is -0.502. The molecule has 8 heteroatoms. The second kappa shape index (κ2) is 9.28. The molecular formula is C25H25N3O5. The number of carbonyl (C=O) groups is 2. The van der Waals surface area contributed by atoms with Gasteiger partial charge in [0.2, 0.25) is 0 Å². The zero-order valence-corrected chi connectivity index (χ0v) is 18.5. The van der Waals surface area contributed by atoms with Gasteiger partial charge in [-0.15, -0.1) is 0 Å². The summed E-state index contributed by atoms with van der Waals surface area (Å²) < 4.78 is 5.24. The first kappa shape index (κ1) is 22.3. The van der Waals surface area contributed by atoms with E-state index in [1.807, 2.05) is 6.07 Å². The number of amides is 1. The zero-order valence-electron chi connectivity index (χ0n) is 18.5. The second-order valence-corrected chi connectivity index (χ2v) is 8.17. The lowest BCUT2D eigenvalue weighted by Gasteiger charge is -2.31. The van der Waals surface area contributed by atoms with E-state index in [0.29, 0.717) is 59.6 Å². The Morgan fingerprint density at radius 1 is 1.09 bits per heavy atom. The third-order valence-electron chi connectivity index (χ3n) is 5.72. The number of aromatic amines is 1. The molecule has 0 aliphatic carbocycles. The van der Waals surface area contributed by atoms with E-state index in [4.69, 9.17) is 4.74 Å². The summed E-state index contributed by atoms with van der Waals surface area (Å²) in [6.07, 6.45) is 1.07. The number of benzene rings is 2. The molecule has 1 fully saturated rings. The number of hydrogen-bond acceptors (Lipinski definition) is 6. The minimum Gasteiger partial charge on any atom is -0.508 e. The van der Waals surface area contributed by atoms with Crippen LogP contribution >= 0.6 is 0 Å². The highest BCUT2D eigenvalue weighted by Crippen LogP contribution is 2.27. The van der Waals surface area contributed by atoms with Crippen LogP contribution in [0.2, 0.25) is 0 Å². The molecule has 1 aliphatic heterocycles. The number of nitrogens with zero attached hydrogens (tertiary/aromatic N) is 2. The Morgan fingerprint density at radius 3 is 2.55 bits per heavy atom. The van der Waals surface area contributed by atoms with Crippen molar-refractivity contribution in [2.45, 2.75) is 32.8 Å². The van der Waals surface area contributed by atoms with Gasteiger partial charge in [0.25, 0.3) is 5.91 Å². The number of likely N-dealkylation sites (tertiary alicyclic amines) is 1. The highest BCUT2D eigenvalue weighted by Gasteiger charge is 2.25. The molecule has 170 valence electrons. The normalized spacial score (nSPS) is 14.2. The molecule has 33 heavy (non-hydrogen) atoms. The van der Waals surface area contributed by atoms with E-state index < -0.39 is 5.69 Å². The molecule has 0 atom stereocenters. The van der Waals surface area contributed by atoms with Crippen molar-refractivity contribution in [1.29, 1.82) is 0 Å². The summed E-state index contributed by atoms with van der Waals surface area (Å²) in [5.41, 5.74) is 3.10. The third kappa shape index (κ3) is 5.11. The largest absolute Gasteiger partial charge is 0.508 e. The van der Waals surface area contributed by atoms with Gasteiger partial charge in [-0.3, -0.25) is 9.59 Å². The number of phenolic OH excluding ortho intramolecular Hbond substituents is 1. The fourth-order valence-electron chi connectivity index (χ4n) is 3.99. The maximum atomic E-state index is 13.0. The number of hydrogen-bond donors (Lipinski definition) is 2. The van der Waals surface area contributed by atoms with Crippen molar-refractivity contribution in [2.75, 3.05) is 13.1 Å². The fraction of sp³-hybridized carbons (Fsp3) is 0.280. The summed E-state index contributed by atoms with van der Waals surface area (Å²) in [7, 11) is 0. The van der Waals surface area contributed by atoms with Crippen molar-refractivity contribution in [3.8, 4) is 28.3 Å². The molecule has 1 amide bonds. The van der Waals surface area contributed by atoms with E-state index >= 15 is 0 Å². The summed E-state index contributed by atoms with van der Waals surface area (Å²) in [6, 6.07) is 13.9. The predicted molar refractivity (Wildman–Crippen MR) is 123 cm³/mol. The lowest BCUT2D eigenvalue weighted by molar-refractivity contribution is -0.148. The molecule has 8 nitrogen and oxygen atoms in total. The fourth-order valence-corrected chi connectivity index (χ4v) is 3.99. The van der Waals surface area contributed by atoms with Gasteiger partial charge < -0.3 is 19.7 Å². The van der Waals surface area contributed by atoms with E-state index in [1.165, 1.54) is 6.92 Å². The van der Waals surface area contributed by atoms with Crippen LogP contribution in [0.5, 0.6) is 5.75 Å². The molecule has 0 saturated carbocycles. The van der Waals surface area contributed by atoms with Gasteiger partial charge in [-0.05, 0) is 54.4 Å². The standard InChI is InChI=1S/C25H25N3O5/c1-15-12-18(6-7-23(15)30)22-14-21(26-25(32)27-22)17-4-3-5-19(13-17)24(31)28-10-8-20(9-11-28)33-16(2)29/h3-7,12-14,20,30H,8-11H2,1-2H3,(H,26,27,32). The maximum absolute atomic E-state index is 13.0. The van der Waals surface area contributed by atoms with Gasteiger partial charge in [0.15, 0.2) is 0 Å². The Morgan fingerprint density at radius 2 is 1.85 bits per heavy atom. The summed E-state index contributed by atoms with van der Waals surface area (Å²) in [4.78, 5) is 45.0. The van der Waals surface area contributed by atoms with Crippen LogP contribution in [-0.2, 0) is 9.53 Å². The van der Waals surface area contributed by atoms with E-state index in [-0.39, 0.29) is 23.7 Å². The van der Waals surface area contributed by atoms with Gasteiger partial charge >= 0.3 is 11.7 Å². The molecule has 1 aliphatic rings. The van der Waals surface area contributed by atoms with Crippen LogP contribution in [0.25, 0.3) is 22.5 Å². The molecule has 1 saturated heterocycles. The van der Waals surface area contributed by atoms with Gasteiger partial charge in [0.1, 0.15) is 11.9 Å². The number of carbonyl (C=O) groups excluding carboxylic acids is 2. The van der Waals surface area contributed by atoms with Crippen molar-refractivity contribution in [3.05, 3.63) is 70.1 Å². The van der Waals surface area contributed by atoms with Crippen LogP contribution in [0.4, 0.5) is 0 Å². The number of piperidine rings is 1. The number of H-pyrrole nitrogens is 1. The first-order valence-electron chi connectivity index (χ1n) is 10.8. The number of nitrogens with one attached hydrogen (secondary N) is 1. The van der Waals surface area contributed by atoms with E-state index in [9.17, 15) is 19.5 Å². The summed E-state index contributed by atoms with van der Waals surface area (Å²) in [5, 5.41) is 9.77. The average molecular weight is 447 g/mol. The van der Waals surface area contributed by atoms with Crippen LogP contribution in [0, 0.1) is 6.92 Å². The number of aryl methyl sites for hydroxylation is 1. The van der Waals surface area contributed by atoms with Crippen molar-refractivity contribution in [2.24, 2.45) is 0 Å². The van der Waals surface area contributed by atoms with E-state index in [1.54, 1.807) is 54.3 Å². The van der Waals surface area contributed by atoms with Crippen LogP contribution in [0.1, 0.15) is 35.7 Å². The average Bonchev–Trinajstić information content (AvgIpc) is 2.80. The number of ether oxygens (including phenoxy) is 1. The Kier molecular flexibility index (Phi) is 6.26. The third-order valence-corrected chi connectivity index (χ3v) is 5.72. The highest BCUT2D eigenvalue weighted by atomic mass is 16.5. The molecule has 2 heterocycles. The van der Waals surface area contributed by atoms with Gasteiger partial charge in [-0.1, -0.05) is 12.1 Å². The number of esters is 1. The van der Waals surface area contributed by atoms with Gasteiger partial charge in [-0.2, -0.15) is 4.98 Å². The summed E-state index contributed by atoms with van der Waals surface area (Å²) in [5.74, 6) is -0.239. The molecular weight excluding hydrogens is 422 g/mol. The second-order valence-electron chi connectivity index (χ2n) is 8.17. The smallest absolute Gasteiger partial charge is 0.345 e. The molecule has 1 aromatic heterocycles. The molecule has 3 aromatic rings. The molecule has 0 unspecified atom stereocenters. The van der Waals surface area contributed by atoms with Gasteiger partial charge in [-0.25, -0.2) is 4.79 Å². The SMILES string of the molecule is CC(=O)OC1CCN(C(=O)c2cccc(-c3cc(-c4ccc(O)c(C)c4)nc(=O)[nH]3)c2)CC1. The van der Waals surface area contributed by atoms with Crippen LogP contribution in [-0.4, -0.2) is 51.0 Å². The summed E-state index contributed by atoms with van der Waals surface area (Å²) in [6.45, 7) is 4.19. The Hall–Kier alpha value is -3.94. The lowest BCUT2D eigenvalue weighted by atomic mass is 10.0. The highest BCUT2D eigenvalue weighted by molar-refractivity contribution is 5.95. The molecule has 0 bridgehead atoms. The first-order valence-corrected chi connectivity index (χ1v) is 10.8. The van der Waals surface area contributed by atoms with Crippen LogP contribution < -0.4 is 5.69 Å². The monoisotopic (exact) mass is 447 g/mol. The first-order chi connectivity index (χ1) is 15.8. The Bertz CT molecular complexity index is 1260. The van der Waals surface area contributed by atoms with Gasteiger partial charge in [0.05, 0.1) is 11.4 Å². The quantitative estimate of drug-likeness (QED) is 0.594. The number of phenols is 1. The van der Waals surface area contributed by atoms with E-state index in [2.05, 4.69) is 9.97 Å². The molecule has 2 aromatic carbocycles. The molecule has 0 radical (unpaired) electrons. The topological polar surface area (TPSA) is 113 Å². The number of aromatic hydroxyl groups is 1. The maximum Gasteiger partial charge on any atom is 0.345 e. The molecule has 0 spiro atoms. The minimum absolute atomic E-state index is 0.107. The lowest BCUT2D eigenvalue weighted by Crippen LogP contribution is -2.41. The predicted octanol–water partition coefficient (Wildman–Crippen LogP) is 3.29. The van der Waals surface area contributed by atoms with E-state index in [0.717, 1.165) is 0 Å². The Balaban J connectivity index is 1.57.